The number of anilines is 9. The molecule has 6 aliphatic rings. The highest BCUT2D eigenvalue weighted by atomic mass is 79.9. The van der Waals surface area contributed by atoms with E-state index in [0.29, 0.717) is 60.0 Å². The lowest BCUT2D eigenvalue weighted by Crippen LogP contribution is -2.20. The fraction of sp³-hybridized carbons (Fsp3) is 0. The molecule has 14 heterocycles. The largest absolute Gasteiger partial charge is 0.453 e. The molecular weight excluding hydrogens is 2030 g/mol. The number of rotatable bonds is 9. The van der Waals surface area contributed by atoms with Crippen LogP contribution in [0.4, 0.5) is 51.2 Å². The number of pyridine rings is 2. The van der Waals surface area contributed by atoms with E-state index in [0.717, 1.165) is 205 Å². The van der Waals surface area contributed by atoms with Gasteiger partial charge in [0.1, 0.15) is 43.5 Å². The van der Waals surface area contributed by atoms with Crippen LogP contribution in [0, 0.1) is 0 Å². The van der Waals surface area contributed by atoms with Crippen LogP contribution >= 0.6 is 118 Å². The fourth-order valence-electron chi connectivity index (χ4n) is 18.2. The number of thiazole rings is 2. The van der Waals surface area contributed by atoms with Gasteiger partial charge in [0.25, 0.3) is 0 Å². The predicted molar refractivity (Wildman–Crippen MR) is 564 cm³/mol. The molecule has 0 unspecified atom stereocenters. The van der Waals surface area contributed by atoms with Gasteiger partial charge in [-0.25, -0.2) is 29.9 Å². The van der Waals surface area contributed by atoms with Gasteiger partial charge in [0, 0.05) is 105 Å². The first-order valence-corrected chi connectivity index (χ1v) is 50.6. The van der Waals surface area contributed by atoms with Crippen LogP contribution in [0.15, 0.2) is 422 Å². The summed E-state index contributed by atoms with van der Waals surface area (Å²) >= 11 is 20.4. The molecule has 0 radical (unpaired) electrons. The van der Waals surface area contributed by atoms with Crippen molar-refractivity contribution in [1.82, 2.24) is 39.9 Å². The molecule has 0 saturated carbocycles. The Hall–Kier alpha value is -14.7. The molecule has 30 rings (SSSR count). The zero-order valence-electron chi connectivity index (χ0n) is 78.8. The van der Waals surface area contributed by atoms with Gasteiger partial charge in [-0.15, -0.1) is 22.7 Å². The molecule has 0 amide bonds. The first-order chi connectivity index (χ1) is 71.3. The highest BCUT2D eigenvalue weighted by Gasteiger charge is 2.41. The molecule has 6 aliphatic heterocycles. The summed E-state index contributed by atoms with van der Waals surface area (Å²) in [7, 11) is 0. The van der Waals surface area contributed by atoms with Crippen molar-refractivity contribution in [3.05, 3.63) is 366 Å². The van der Waals surface area contributed by atoms with Crippen molar-refractivity contribution in [2.75, 3.05) is 14.7 Å². The highest BCUT2D eigenvalue weighted by Crippen LogP contribution is 2.67. The van der Waals surface area contributed by atoms with Crippen molar-refractivity contribution >= 4 is 234 Å². The van der Waals surface area contributed by atoms with Crippen LogP contribution in [0.3, 0.4) is 0 Å². The summed E-state index contributed by atoms with van der Waals surface area (Å²) in [5.74, 6) is 4.96. The number of nitrogens with zero attached hydrogens (tertiary/aromatic N) is 11. The van der Waals surface area contributed by atoms with Gasteiger partial charge in [-0.05, 0) is 252 Å². The van der Waals surface area contributed by atoms with E-state index in [4.69, 9.17) is 63.0 Å². The van der Waals surface area contributed by atoms with Gasteiger partial charge in [-0.3, -0.25) is 9.97 Å². The van der Waals surface area contributed by atoms with Crippen LogP contribution in [0.1, 0.15) is 11.0 Å². The van der Waals surface area contributed by atoms with Crippen molar-refractivity contribution in [2.45, 2.75) is 39.2 Å². The topological polar surface area (TPSA) is 184 Å². The maximum Gasteiger partial charge on any atom is 0.227 e. The van der Waals surface area contributed by atoms with Crippen LogP contribution in [-0.4, -0.2) is 39.9 Å². The Morgan fingerprint density at radius 3 is 1.32 bits per heavy atom. The average molecular weight is 2090 g/mol. The van der Waals surface area contributed by atoms with Crippen LogP contribution in [-0.2, 0) is 0 Å². The van der Waals surface area contributed by atoms with Crippen LogP contribution in [0.5, 0.6) is 23.0 Å². The first kappa shape index (κ1) is 73.6. The Labute approximate surface area is 847 Å². The molecule has 17 nitrogen and oxygen atoms in total. The van der Waals surface area contributed by atoms with E-state index in [-0.39, 0.29) is 59.4 Å². The lowest BCUT2D eigenvalue weighted by atomic mass is 9.97. The summed E-state index contributed by atoms with van der Waals surface area (Å²) in [4.78, 5) is 52.6. The van der Waals surface area contributed by atoms with Crippen molar-refractivity contribution in [3.63, 3.8) is 0 Å². The molecular formula is C112H58Br3N11O6S6. The smallest absolute Gasteiger partial charge is 0.227 e. The van der Waals surface area contributed by atoms with E-state index >= 15 is 0 Å². The zero-order valence-corrected chi connectivity index (χ0v) is 80.5. The Bertz CT molecular complexity index is 9250. The van der Waals surface area contributed by atoms with Crippen molar-refractivity contribution in [1.29, 1.82) is 0 Å². The van der Waals surface area contributed by atoms with Crippen molar-refractivity contribution in [2.24, 2.45) is 0 Å². The SMILES string of the molecule is Brc1cc2c3c(c1)Sc1cc(-c4nc5cc(-c6ccncc6)ccc5o4)ccc1N3c1ccc(-c3nc4cc(-c5ccncc5)ccc4o3)cc1S2.Brc1cc2c3c(c1)Sc1cc(-c4nc5ccccc5o4)c(-c4ccccc4)cc1N3c1ccc(-c3nc4ccccc4o3)cc1O2.[2H]c1c([2H])c([2H])c2sc(-c3cccc4c3Oc3cc(Br)cc5c3N4c3cccc(-c4nc6c([2H])c([2H])c([2H])c([2H])c6s4)c3S5)nc2c1[2H]. The van der Waals surface area contributed by atoms with Gasteiger partial charge in [0.15, 0.2) is 45.3 Å². The lowest BCUT2D eigenvalue weighted by molar-refractivity contribution is 0.474. The van der Waals surface area contributed by atoms with Gasteiger partial charge < -0.3 is 41.8 Å². The summed E-state index contributed by atoms with van der Waals surface area (Å²) in [6.07, 6.45) is 7.20. The Morgan fingerprint density at radius 2 is 0.725 bits per heavy atom. The number of aromatic nitrogens is 8. The third-order valence-corrected chi connectivity index (χ3v) is 32.2. The summed E-state index contributed by atoms with van der Waals surface area (Å²) < 4.78 is 108. The van der Waals surface area contributed by atoms with Gasteiger partial charge in [0.2, 0.25) is 23.6 Å². The second-order valence-electron chi connectivity index (χ2n) is 32.7. The minimum absolute atomic E-state index is 0.108. The number of hydrogen-bond donors (Lipinski definition) is 0. The predicted octanol–water partition coefficient (Wildman–Crippen LogP) is 35.4. The molecule has 0 saturated heterocycles. The fourth-order valence-corrected chi connectivity index (χ4v) is 26.8. The molecule has 0 N–H and O–H groups in total. The van der Waals surface area contributed by atoms with Gasteiger partial charge in [-0.1, -0.05) is 204 Å². The minimum atomic E-state index is -0.327. The van der Waals surface area contributed by atoms with E-state index in [1.54, 1.807) is 71.8 Å². The van der Waals surface area contributed by atoms with Crippen LogP contribution in [0.25, 0.3) is 165 Å². The van der Waals surface area contributed by atoms with E-state index in [1.165, 1.54) is 38.2 Å². The van der Waals surface area contributed by atoms with Gasteiger partial charge in [0.05, 0.1) is 76.8 Å². The molecule has 0 aliphatic carbocycles. The standard InChI is InChI=1S/C42H22BrN5O2S2.C38H20BrN3O3S.C32H16BrN3OS3/c43-29-21-38-40-39(22-29)52-37-20-28(42-47-31-18-26(4-8-35(31)50-42)24-11-15-45-16-12-24)2-6-33(37)48(40)32-5-1-27(19-36(32)51-38)41-46-30-17-25(3-7-34(30)49-41)23-9-13-44-14-10-23;39-23-17-33-36-35(18-23)46-34-20-25(38-41-27-11-5-7-13-31(27)45-38)24(21-8-2-1-3-9-21)19-29(34)42(36)28-15-14-22(16-32(28)43-33)37-40-26-10-4-6-12-30(26)44-37;33-17-15-24-28-27(16-17)38-30-19(32-35-21-10-2-4-14-26(21)40-32)8-6-12-23(30)36(28)22-11-5-7-18(29(22)37-24)31-34-20-9-1-3-13-25(20)39-31/h1-22H;1-20H;1-16H/i;;1D,2D,3D,4D,9D,10D,13D,14D. The Kier molecular flexibility index (Phi) is 17.5. The molecule has 0 bridgehead atoms. The molecule has 16 aromatic carbocycles. The molecule has 0 fully saturated rings. The normalized spacial score (nSPS) is 13.8. The molecule has 138 heavy (non-hydrogen) atoms. The number of oxazole rings is 4. The van der Waals surface area contributed by atoms with Crippen LogP contribution < -0.4 is 24.2 Å². The Morgan fingerprint density at radius 1 is 0.268 bits per heavy atom. The molecule has 8 aromatic heterocycles. The monoisotopic (exact) mass is 2090 g/mol. The quantitative estimate of drug-likeness (QED) is 0.133. The number of halogens is 3. The number of fused-ring (bicyclic) bond motifs is 18. The average Bonchev–Trinajstić information content (AvgIpc) is 1.02. The maximum atomic E-state index is 8.46. The summed E-state index contributed by atoms with van der Waals surface area (Å²) in [5.41, 5.74) is 27.1. The van der Waals surface area contributed by atoms with E-state index < -0.39 is 0 Å². The molecule has 0 atom stereocenters. The van der Waals surface area contributed by atoms with Crippen molar-refractivity contribution in [3.8, 4) is 123 Å². The zero-order chi connectivity index (χ0) is 98.0. The van der Waals surface area contributed by atoms with Gasteiger partial charge in [-0.2, -0.15) is 0 Å². The second kappa shape index (κ2) is 32.8. The third-order valence-electron chi connectivity index (χ3n) is 24.4. The minimum Gasteiger partial charge on any atom is -0.453 e. The highest BCUT2D eigenvalue weighted by molar-refractivity contribution is 9.11. The molecule has 26 heteroatoms. The van der Waals surface area contributed by atoms with Crippen molar-refractivity contribution < 1.29 is 38.1 Å². The molecule has 24 aromatic rings. The number of ether oxygens (including phenoxy) is 2. The van der Waals surface area contributed by atoms with Gasteiger partial charge >= 0.3 is 0 Å². The third kappa shape index (κ3) is 14.0. The molecule has 0 spiro atoms. The lowest BCUT2D eigenvalue weighted by Gasteiger charge is -2.39. The maximum absolute atomic E-state index is 8.46. The summed E-state index contributed by atoms with van der Waals surface area (Å²) in [6.45, 7) is 0. The number of hydrogen-bond acceptors (Lipinski definition) is 23. The summed E-state index contributed by atoms with van der Waals surface area (Å²) in [6, 6.07) is 92.1. The van der Waals surface area contributed by atoms with Crippen LogP contribution in [0.2, 0.25) is 0 Å². The Balaban J connectivity index is 0.000000106. The van der Waals surface area contributed by atoms with E-state index in [1.807, 2.05) is 158 Å². The summed E-state index contributed by atoms with van der Waals surface area (Å²) in [5, 5.41) is 1.08. The second-order valence-corrected chi connectivity index (χ2v) is 41.7. The number of para-hydroxylation sites is 7. The molecule has 654 valence electrons. The number of benzene rings is 16. The first-order valence-electron chi connectivity index (χ1n) is 47.3. The van der Waals surface area contributed by atoms with E-state index in [2.05, 4.69) is 199 Å². The van der Waals surface area contributed by atoms with E-state index in [9.17, 15) is 0 Å².